The van der Waals surface area contributed by atoms with E-state index in [1.807, 2.05) is 39.5 Å². The van der Waals surface area contributed by atoms with E-state index >= 15 is 0 Å². The monoisotopic (exact) mass is 910 g/mol. The van der Waals surface area contributed by atoms with Gasteiger partial charge in [-0.1, -0.05) is 108 Å². The van der Waals surface area contributed by atoms with Crippen molar-refractivity contribution in [2.45, 2.75) is 60.3 Å². The first-order chi connectivity index (χ1) is 18.2. The van der Waals surface area contributed by atoms with Gasteiger partial charge in [-0.3, -0.25) is 0 Å². The van der Waals surface area contributed by atoms with E-state index in [-0.39, 0.29) is 4.90 Å². The van der Waals surface area contributed by atoms with Crippen LogP contribution in [0.1, 0.15) is 44.9 Å². The lowest BCUT2D eigenvalue weighted by atomic mass is 10.0. The summed E-state index contributed by atoms with van der Waals surface area (Å²) < 4.78 is 34.6. The zero-order valence-electron chi connectivity index (χ0n) is 23.5. The third kappa shape index (κ3) is 9.96. The van der Waals surface area contributed by atoms with Crippen molar-refractivity contribution in [3.8, 4) is 22.5 Å². The van der Waals surface area contributed by atoms with Gasteiger partial charge in [-0.25, -0.2) is 8.42 Å². The Labute approximate surface area is 277 Å². The average molecular weight is 911 g/mol. The fourth-order valence-electron chi connectivity index (χ4n) is 3.77. The molecule has 4 rings (SSSR count). The number of aryl methyl sites for hydroxylation is 6. The molecule has 0 fully saturated rings. The van der Waals surface area contributed by atoms with Crippen LogP contribution in [-0.4, -0.2) is 26.1 Å². The van der Waals surface area contributed by atoms with Gasteiger partial charge in [0.15, 0.2) is 0 Å². The summed E-state index contributed by atoms with van der Waals surface area (Å²) >= 11 is 6.70. The van der Waals surface area contributed by atoms with E-state index in [4.69, 9.17) is 19.7 Å². The number of aromatic nitrogens is 2. The quantitative estimate of drug-likeness (QED) is 0.116. The molecule has 0 saturated carbocycles. The molecule has 0 amide bonds. The number of rotatable bonds is 3. The zero-order valence-corrected chi connectivity index (χ0v) is 31.6. The van der Waals surface area contributed by atoms with Crippen LogP contribution in [0.15, 0.2) is 44.3 Å². The summed E-state index contributed by atoms with van der Waals surface area (Å²) in [5.41, 5.74) is 9.58. The number of hydrogen-bond donors (Lipinski definition) is 0. The molecule has 4 aromatic rings. The van der Waals surface area contributed by atoms with Gasteiger partial charge in [-0.05, 0) is 83.1 Å². The molecule has 6 nitrogen and oxygen atoms in total. The maximum atomic E-state index is 11.6. The second-order valence-electron chi connectivity index (χ2n) is 8.71. The molecule has 2 aromatic carbocycles. The molecule has 39 heavy (non-hydrogen) atoms. The maximum Gasteiger partial charge on any atom is 0.261 e. The molecule has 0 saturated heterocycles. The molecule has 11 heteroatoms. The lowest BCUT2D eigenvalue weighted by molar-refractivity contribution is 0.398. The number of halogens is 4. The third-order valence-electron chi connectivity index (χ3n) is 5.99. The minimum absolute atomic E-state index is 0.106. The molecule has 0 N–H and O–H groups in total. The average Bonchev–Trinajstić information content (AvgIpc) is 3.36. The standard InChI is InChI=1S/C13H14ClNO3S.C13H15NO.CH2I2.CH3I/c1-7-5-8(2)12(19(14,16)17)6-11(7)13-9(3)10(4)18-15-13;1-8-5-6-12(9(2)7-8)13-10(3)11(4)15-14-13;2-1-3;1-2/h5-6H,1-4H3;5-7H,1-4H3;1H2;1H3. The molecule has 0 aliphatic rings. The summed E-state index contributed by atoms with van der Waals surface area (Å²) in [6, 6.07) is 9.71. The number of benzene rings is 2. The maximum absolute atomic E-state index is 11.6. The SMILES string of the molecule is CI.Cc1cc(C)c(S(=O)(=O)Cl)cc1-c1noc(C)c1C.Cc1ccc(-c2noc(C)c2C)c(C)c1.ICI. The first-order valence-electron chi connectivity index (χ1n) is 11.7. The second-order valence-corrected chi connectivity index (χ2v) is 15.7. The Balaban J connectivity index is 0.000000341. The highest BCUT2D eigenvalue weighted by molar-refractivity contribution is 14.2. The summed E-state index contributed by atoms with van der Waals surface area (Å²) in [7, 11) is 1.68. The summed E-state index contributed by atoms with van der Waals surface area (Å²) in [5.74, 6) is 1.61. The minimum atomic E-state index is -3.77. The van der Waals surface area contributed by atoms with Gasteiger partial charge < -0.3 is 9.05 Å². The molecule has 2 aromatic heterocycles. The molecule has 0 unspecified atom stereocenters. The van der Waals surface area contributed by atoms with E-state index < -0.39 is 9.05 Å². The van der Waals surface area contributed by atoms with Gasteiger partial charge in [0.05, 0.1) is 7.33 Å². The summed E-state index contributed by atoms with van der Waals surface area (Å²) in [5, 5.41) is 8.09. The van der Waals surface area contributed by atoms with E-state index in [9.17, 15) is 8.42 Å². The summed E-state index contributed by atoms with van der Waals surface area (Å²) in [6.07, 6.45) is 0. The van der Waals surface area contributed by atoms with E-state index in [1.54, 1.807) is 19.1 Å². The Morgan fingerprint density at radius 2 is 1.15 bits per heavy atom. The molecule has 0 aliphatic heterocycles. The number of alkyl halides is 3. The minimum Gasteiger partial charge on any atom is -0.361 e. The topological polar surface area (TPSA) is 86.2 Å². The fraction of sp³-hybridized carbons (Fsp3) is 0.357. The van der Waals surface area contributed by atoms with Gasteiger partial charge in [-0.2, -0.15) is 0 Å². The van der Waals surface area contributed by atoms with Crippen molar-refractivity contribution in [3.63, 3.8) is 0 Å². The van der Waals surface area contributed by atoms with Crippen LogP contribution < -0.4 is 0 Å². The summed E-state index contributed by atoms with van der Waals surface area (Å²) in [4.78, 5) is 2.08. The molecular formula is C28H34ClI3N2O4S. The van der Waals surface area contributed by atoms with Gasteiger partial charge >= 0.3 is 0 Å². The molecule has 0 atom stereocenters. The van der Waals surface area contributed by atoms with Crippen LogP contribution in [0.3, 0.4) is 0 Å². The molecular weight excluding hydrogens is 877 g/mol. The first kappa shape index (κ1) is 36.3. The highest BCUT2D eigenvalue weighted by atomic mass is 127. The third-order valence-corrected chi connectivity index (χ3v) is 7.45. The van der Waals surface area contributed by atoms with E-state index in [0.717, 1.165) is 39.3 Å². The fourth-order valence-corrected chi connectivity index (χ4v) is 4.97. The van der Waals surface area contributed by atoms with Crippen molar-refractivity contribution in [2.75, 3.05) is 7.36 Å². The van der Waals surface area contributed by atoms with Gasteiger partial charge in [0.1, 0.15) is 22.9 Å². The van der Waals surface area contributed by atoms with Crippen LogP contribution in [-0.2, 0) is 9.05 Å². The normalized spacial score (nSPS) is 10.5. The predicted octanol–water partition coefficient (Wildman–Crippen LogP) is 9.94. The Morgan fingerprint density at radius 1 is 0.718 bits per heavy atom. The van der Waals surface area contributed by atoms with E-state index in [0.29, 0.717) is 17.0 Å². The number of hydrogen-bond acceptors (Lipinski definition) is 6. The molecule has 2 heterocycles. The Kier molecular flexibility index (Phi) is 15.5. The molecule has 0 aliphatic carbocycles. The zero-order chi connectivity index (χ0) is 30.1. The Morgan fingerprint density at radius 3 is 1.54 bits per heavy atom. The molecule has 0 radical (unpaired) electrons. The summed E-state index contributed by atoms with van der Waals surface area (Å²) in [6.45, 7) is 15.5. The van der Waals surface area contributed by atoms with Crippen LogP contribution in [0.4, 0.5) is 0 Å². The highest BCUT2D eigenvalue weighted by Gasteiger charge is 2.19. The van der Waals surface area contributed by atoms with Gasteiger partial charge in [0.25, 0.3) is 9.05 Å². The molecule has 0 bridgehead atoms. The van der Waals surface area contributed by atoms with Gasteiger partial charge in [0.2, 0.25) is 0 Å². The first-order valence-corrected chi connectivity index (χ1v) is 19.2. The van der Waals surface area contributed by atoms with Crippen molar-refractivity contribution in [2.24, 2.45) is 0 Å². The van der Waals surface area contributed by atoms with Gasteiger partial charge in [-0.15, -0.1) is 0 Å². The van der Waals surface area contributed by atoms with Crippen LogP contribution in [0, 0.1) is 55.4 Å². The number of nitrogens with zero attached hydrogens (tertiary/aromatic N) is 2. The van der Waals surface area contributed by atoms with Crippen molar-refractivity contribution < 1.29 is 17.5 Å². The second kappa shape index (κ2) is 16.7. The predicted molar refractivity (Wildman–Crippen MR) is 188 cm³/mol. The molecule has 214 valence electrons. The largest absolute Gasteiger partial charge is 0.361 e. The van der Waals surface area contributed by atoms with Crippen LogP contribution in [0.2, 0.25) is 0 Å². The van der Waals surface area contributed by atoms with Crippen LogP contribution >= 0.6 is 78.5 Å². The lowest BCUT2D eigenvalue weighted by Crippen LogP contribution is -1.98. The smallest absolute Gasteiger partial charge is 0.261 e. The van der Waals surface area contributed by atoms with Crippen LogP contribution in [0.5, 0.6) is 0 Å². The van der Waals surface area contributed by atoms with Gasteiger partial charge in [0, 0.05) is 32.9 Å². The van der Waals surface area contributed by atoms with Crippen molar-refractivity contribution in [1.82, 2.24) is 10.3 Å². The van der Waals surface area contributed by atoms with Crippen molar-refractivity contribution in [1.29, 1.82) is 0 Å². The van der Waals surface area contributed by atoms with Crippen LogP contribution in [0.25, 0.3) is 22.5 Å². The highest BCUT2D eigenvalue weighted by Crippen LogP contribution is 2.32. The lowest BCUT2D eigenvalue weighted by Gasteiger charge is -2.09. The Hall–Kier alpha value is -0.710. The van der Waals surface area contributed by atoms with E-state index in [1.165, 1.54) is 13.6 Å². The van der Waals surface area contributed by atoms with Crippen molar-refractivity contribution in [3.05, 3.63) is 75.2 Å². The Bertz CT molecular complexity index is 1500. The van der Waals surface area contributed by atoms with Crippen molar-refractivity contribution >= 4 is 87.5 Å². The molecule has 0 spiro atoms. The van der Waals surface area contributed by atoms with E-state index in [2.05, 4.69) is 110 Å².